The van der Waals surface area contributed by atoms with Gasteiger partial charge < -0.3 is 15.0 Å². The summed E-state index contributed by atoms with van der Waals surface area (Å²) in [7, 11) is 3.66. The first-order valence-corrected chi connectivity index (χ1v) is 7.81. The van der Waals surface area contributed by atoms with Gasteiger partial charge in [0.1, 0.15) is 5.75 Å². The zero-order chi connectivity index (χ0) is 14.9. The zero-order valence-electron chi connectivity index (χ0n) is 13.3. The van der Waals surface area contributed by atoms with Crippen molar-refractivity contribution in [3.63, 3.8) is 0 Å². The lowest BCUT2D eigenvalue weighted by atomic mass is 9.92. The Balaban J connectivity index is 0.00000176. The summed E-state index contributed by atoms with van der Waals surface area (Å²) in [6.07, 6.45) is 4.11. The first-order valence-electron chi connectivity index (χ1n) is 7.81. The Morgan fingerprint density at radius 1 is 1.36 bits per heavy atom. The Morgan fingerprint density at radius 3 is 2.73 bits per heavy atom. The molecule has 1 aromatic rings. The standard InChI is InChI=1S/C17H24N2O2.ClH/c1-18-13-6-5-11-19(12-13)16(20)17(9-10-17)14-7-3-4-8-15(14)21-2;/h3-4,7-8,13,18H,5-6,9-12H2,1-2H3;1H. The van der Waals surface area contributed by atoms with Crippen LogP contribution in [-0.4, -0.2) is 44.1 Å². The van der Waals surface area contributed by atoms with Crippen LogP contribution in [0.1, 0.15) is 31.2 Å². The van der Waals surface area contributed by atoms with Crippen LogP contribution in [-0.2, 0) is 10.2 Å². The van der Waals surface area contributed by atoms with Crippen LogP contribution in [0.4, 0.5) is 0 Å². The van der Waals surface area contributed by atoms with Gasteiger partial charge in [0.15, 0.2) is 0 Å². The van der Waals surface area contributed by atoms with Gasteiger partial charge >= 0.3 is 0 Å². The number of likely N-dealkylation sites (tertiary alicyclic amines) is 1. The van der Waals surface area contributed by atoms with E-state index in [1.54, 1.807) is 7.11 Å². The molecule has 2 fully saturated rings. The quantitative estimate of drug-likeness (QED) is 0.924. The average Bonchev–Trinajstić information content (AvgIpc) is 3.36. The summed E-state index contributed by atoms with van der Waals surface area (Å²) < 4.78 is 5.47. The lowest BCUT2D eigenvalue weighted by Crippen LogP contribution is -2.50. The molecule has 1 heterocycles. The number of piperidine rings is 1. The highest BCUT2D eigenvalue weighted by atomic mass is 35.5. The molecule has 1 atom stereocenters. The van der Waals surface area contributed by atoms with Gasteiger partial charge in [0.2, 0.25) is 5.91 Å². The highest BCUT2D eigenvalue weighted by Gasteiger charge is 2.54. The number of carbonyl (C=O) groups is 1. The molecule has 1 saturated carbocycles. The van der Waals surface area contributed by atoms with Gasteiger partial charge in [-0.05, 0) is 38.8 Å². The molecule has 0 spiro atoms. The number of halogens is 1. The Labute approximate surface area is 138 Å². The lowest BCUT2D eigenvalue weighted by Gasteiger charge is -2.35. The van der Waals surface area contributed by atoms with Crippen molar-refractivity contribution in [3.05, 3.63) is 29.8 Å². The summed E-state index contributed by atoms with van der Waals surface area (Å²) in [5.74, 6) is 1.12. The van der Waals surface area contributed by atoms with Crippen LogP contribution in [0.3, 0.4) is 0 Å². The molecule has 1 aliphatic heterocycles. The van der Waals surface area contributed by atoms with Crippen LogP contribution in [0.5, 0.6) is 5.75 Å². The van der Waals surface area contributed by atoms with E-state index in [9.17, 15) is 4.79 Å². The minimum Gasteiger partial charge on any atom is -0.496 e. The van der Waals surface area contributed by atoms with E-state index in [4.69, 9.17) is 4.74 Å². The number of carbonyl (C=O) groups excluding carboxylic acids is 1. The minimum absolute atomic E-state index is 0. The van der Waals surface area contributed by atoms with Gasteiger partial charge in [-0.25, -0.2) is 0 Å². The van der Waals surface area contributed by atoms with Gasteiger partial charge in [0, 0.05) is 24.7 Å². The predicted molar refractivity (Wildman–Crippen MR) is 89.8 cm³/mol. The third kappa shape index (κ3) is 2.95. The number of hydrogen-bond acceptors (Lipinski definition) is 3. The first-order chi connectivity index (χ1) is 10.2. The summed E-state index contributed by atoms with van der Waals surface area (Å²) in [5.41, 5.74) is 0.728. The molecular formula is C17H25ClN2O2. The van der Waals surface area contributed by atoms with Crippen molar-refractivity contribution < 1.29 is 9.53 Å². The van der Waals surface area contributed by atoms with E-state index in [-0.39, 0.29) is 23.7 Å². The Bertz CT molecular complexity index is 531. The number of methoxy groups -OCH3 is 1. The molecule has 1 aliphatic carbocycles. The third-order valence-corrected chi connectivity index (χ3v) is 4.90. The third-order valence-electron chi connectivity index (χ3n) is 4.90. The molecule has 0 radical (unpaired) electrons. The number of amides is 1. The molecule has 0 bridgehead atoms. The molecule has 5 heteroatoms. The second kappa shape index (κ2) is 6.88. The molecular weight excluding hydrogens is 300 g/mol. The van der Waals surface area contributed by atoms with Crippen LogP contribution in [0.2, 0.25) is 0 Å². The summed E-state index contributed by atoms with van der Waals surface area (Å²) in [4.78, 5) is 15.1. The van der Waals surface area contributed by atoms with Crippen molar-refractivity contribution in [1.82, 2.24) is 10.2 Å². The monoisotopic (exact) mass is 324 g/mol. The number of ether oxygens (including phenoxy) is 1. The van der Waals surface area contributed by atoms with Crippen molar-refractivity contribution in [3.8, 4) is 5.75 Å². The largest absolute Gasteiger partial charge is 0.496 e. The fourth-order valence-corrected chi connectivity index (χ4v) is 3.46. The van der Waals surface area contributed by atoms with Crippen LogP contribution in [0, 0.1) is 0 Å². The van der Waals surface area contributed by atoms with Gasteiger partial charge in [-0.15, -0.1) is 12.4 Å². The van der Waals surface area contributed by atoms with Gasteiger partial charge in [-0.2, -0.15) is 0 Å². The van der Waals surface area contributed by atoms with E-state index in [2.05, 4.69) is 5.32 Å². The highest BCUT2D eigenvalue weighted by molar-refractivity contribution is 5.92. The van der Waals surface area contributed by atoms with Gasteiger partial charge in [0.25, 0.3) is 0 Å². The molecule has 0 aromatic heterocycles. The maximum Gasteiger partial charge on any atom is 0.233 e. The number of para-hydroxylation sites is 1. The molecule has 2 aliphatic rings. The van der Waals surface area contributed by atoms with Crippen molar-refractivity contribution in [2.45, 2.75) is 37.1 Å². The van der Waals surface area contributed by atoms with Gasteiger partial charge in [0.05, 0.1) is 12.5 Å². The number of benzene rings is 1. The van der Waals surface area contributed by atoms with Crippen LogP contribution in [0.15, 0.2) is 24.3 Å². The second-order valence-corrected chi connectivity index (χ2v) is 6.16. The number of hydrogen-bond donors (Lipinski definition) is 1. The normalized spacial score (nSPS) is 22.6. The second-order valence-electron chi connectivity index (χ2n) is 6.16. The first kappa shape index (κ1) is 17.1. The SMILES string of the molecule is CNC1CCCN(C(=O)C2(c3ccccc3OC)CC2)C1.Cl. The molecule has 1 unspecified atom stereocenters. The van der Waals surface area contributed by atoms with Crippen LogP contribution in [0.25, 0.3) is 0 Å². The molecule has 1 aromatic carbocycles. The molecule has 122 valence electrons. The molecule has 1 amide bonds. The maximum absolute atomic E-state index is 13.1. The van der Waals surface area contributed by atoms with E-state index in [0.29, 0.717) is 6.04 Å². The number of nitrogens with zero attached hydrogens (tertiary/aromatic N) is 1. The van der Waals surface area contributed by atoms with E-state index in [1.807, 2.05) is 36.2 Å². The molecule has 1 N–H and O–H groups in total. The molecule has 22 heavy (non-hydrogen) atoms. The van der Waals surface area contributed by atoms with Crippen molar-refractivity contribution in [2.24, 2.45) is 0 Å². The highest BCUT2D eigenvalue weighted by Crippen LogP contribution is 2.52. The summed E-state index contributed by atoms with van der Waals surface area (Å²) in [6.45, 7) is 1.71. The van der Waals surface area contributed by atoms with E-state index in [1.165, 1.54) is 0 Å². The fourth-order valence-electron chi connectivity index (χ4n) is 3.46. The number of likely N-dealkylation sites (N-methyl/N-ethyl adjacent to an activating group) is 1. The zero-order valence-corrected chi connectivity index (χ0v) is 14.1. The Hall–Kier alpha value is -1.26. The van der Waals surface area contributed by atoms with Crippen molar-refractivity contribution >= 4 is 18.3 Å². The lowest BCUT2D eigenvalue weighted by molar-refractivity contribution is -0.135. The Morgan fingerprint density at radius 2 is 2.09 bits per heavy atom. The topological polar surface area (TPSA) is 41.6 Å². The van der Waals surface area contributed by atoms with Crippen LogP contribution < -0.4 is 10.1 Å². The summed E-state index contributed by atoms with van der Waals surface area (Å²) >= 11 is 0. The summed E-state index contributed by atoms with van der Waals surface area (Å²) in [6, 6.07) is 8.38. The number of rotatable bonds is 4. The van der Waals surface area contributed by atoms with Gasteiger partial charge in [-0.3, -0.25) is 4.79 Å². The predicted octanol–water partition coefficient (Wildman–Crippen LogP) is 2.36. The molecule has 1 saturated heterocycles. The molecule has 3 rings (SSSR count). The number of nitrogens with one attached hydrogen (secondary N) is 1. The van der Waals surface area contributed by atoms with E-state index in [0.717, 1.165) is 50.1 Å². The van der Waals surface area contributed by atoms with Crippen molar-refractivity contribution in [1.29, 1.82) is 0 Å². The average molecular weight is 325 g/mol. The van der Waals surface area contributed by atoms with Crippen molar-refractivity contribution in [2.75, 3.05) is 27.2 Å². The Kier molecular flexibility index (Phi) is 5.35. The minimum atomic E-state index is -0.331. The van der Waals surface area contributed by atoms with E-state index < -0.39 is 0 Å². The van der Waals surface area contributed by atoms with Gasteiger partial charge in [-0.1, -0.05) is 18.2 Å². The summed E-state index contributed by atoms with van der Waals surface area (Å²) in [5, 5.41) is 3.30. The smallest absolute Gasteiger partial charge is 0.233 e. The molecule has 4 nitrogen and oxygen atoms in total. The maximum atomic E-state index is 13.1. The van der Waals surface area contributed by atoms with E-state index >= 15 is 0 Å². The van der Waals surface area contributed by atoms with Crippen LogP contribution >= 0.6 is 12.4 Å². The fraction of sp³-hybridized carbons (Fsp3) is 0.588.